The molecular formula is C17H15ClFNO. The molecule has 2 nitrogen and oxygen atoms in total. The van der Waals surface area contributed by atoms with Crippen molar-refractivity contribution in [2.75, 3.05) is 0 Å². The van der Waals surface area contributed by atoms with E-state index < -0.39 is 6.10 Å². The summed E-state index contributed by atoms with van der Waals surface area (Å²) in [5, 5.41) is 11.1. The van der Waals surface area contributed by atoms with Crippen molar-refractivity contribution >= 4 is 22.5 Å². The molecule has 21 heavy (non-hydrogen) atoms. The van der Waals surface area contributed by atoms with E-state index in [-0.39, 0.29) is 5.82 Å². The molecule has 3 aromatic rings. The third-order valence-electron chi connectivity index (χ3n) is 3.60. The van der Waals surface area contributed by atoms with Crippen molar-refractivity contribution in [3.8, 4) is 0 Å². The Morgan fingerprint density at radius 2 is 1.90 bits per heavy atom. The van der Waals surface area contributed by atoms with Gasteiger partial charge in [-0.1, -0.05) is 41.9 Å². The average molecular weight is 304 g/mol. The van der Waals surface area contributed by atoms with Gasteiger partial charge in [0.2, 0.25) is 0 Å². The Hall–Kier alpha value is -1.84. The zero-order valence-corrected chi connectivity index (χ0v) is 12.3. The standard InChI is InChI=1S/C17H15ClFNO/c1-11(21)16-14-9-13(19)7-8-15(14)20(17(16)18)10-12-5-3-2-4-6-12/h2-9,11,21H,10H2,1H3. The number of rotatable bonds is 3. The molecule has 0 amide bonds. The van der Waals surface area contributed by atoms with E-state index in [0.29, 0.717) is 22.6 Å². The van der Waals surface area contributed by atoms with Gasteiger partial charge in [-0.3, -0.25) is 0 Å². The molecule has 0 aliphatic carbocycles. The monoisotopic (exact) mass is 303 g/mol. The van der Waals surface area contributed by atoms with Gasteiger partial charge >= 0.3 is 0 Å². The number of benzene rings is 2. The molecule has 0 radical (unpaired) electrons. The van der Waals surface area contributed by atoms with Gasteiger partial charge in [0.25, 0.3) is 0 Å². The number of fused-ring (bicyclic) bond motifs is 1. The molecular weight excluding hydrogens is 289 g/mol. The van der Waals surface area contributed by atoms with Gasteiger partial charge in [0.15, 0.2) is 0 Å². The van der Waals surface area contributed by atoms with E-state index in [0.717, 1.165) is 11.1 Å². The van der Waals surface area contributed by atoms with E-state index in [2.05, 4.69) is 0 Å². The van der Waals surface area contributed by atoms with E-state index in [9.17, 15) is 9.50 Å². The fraction of sp³-hybridized carbons (Fsp3) is 0.176. The minimum absolute atomic E-state index is 0.335. The largest absolute Gasteiger partial charge is 0.389 e. The summed E-state index contributed by atoms with van der Waals surface area (Å²) in [6.07, 6.45) is -0.751. The van der Waals surface area contributed by atoms with Crippen molar-refractivity contribution in [1.82, 2.24) is 4.57 Å². The van der Waals surface area contributed by atoms with E-state index in [1.54, 1.807) is 13.0 Å². The summed E-state index contributed by atoms with van der Waals surface area (Å²) in [4.78, 5) is 0. The van der Waals surface area contributed by atoms with Crippen LogP contribution in [0, 0.1) is 5.82 Å². The highest BCUT2D eigenvalue weighted by atomic mass is 35.5. The Balaban J connectivity index is 2.20. The highest BCUT2D eigenvalue weighted by Crippen LogP contribution is 2.35. The summed E-state index contributed by atoms with van der Waals surface area (Å²) < 4.78 is 15.4. The number of aromatic nitrogens is 1. The Bertz CT molecular complexity index is 780. The first-order valence-corrected chi connectivity index (χ1v) is 7.15. The third kappa shape index (κ3) is 2.55. The van der Waals surface area contributed by atoms with Crippen LogP contribution in [-0.4, -0.2) is 9.67 Å². The van der Waals surface area contributed by atoms with Crippen LogP contribution in [0.25, 0.3) is 10.9 Å². The lowest BCUT2D eigenvalue weighted by Gasteiger charge is -2.08. The highest BCUT2D eigenvalue weighted by molar-refractivity contribution is 6.32. The van der Waals surface area contributed by atoms with Crippen LogP contribution in [0.4, 0.5) is 4.39 Å². The van der Waals surface area contributed by atoms with Gasteiger partial charge in [0.1, 0.15) is 11.0 Å². The minimum Gasteiger partial charge on any atom is -0.389 e. The first-order valence-electron chi connectivity index (χ1n) is 6.77. The topological polar surface area (TPSA) is 25.2 Å². The zero-order valence-electron chi connectivity index (χ0n) is 11.6. The van der Waals surface area contributed by atoms with Crippen molar-refractivity contribution in [2.24, 2.45) is 0 Å². The molecule has 0 saturated carbocycles. The molecule has 4 heteroatoms. The zero-order chi connectivity index (χ0) is 15.0. The van der Waals surface area contributed by atoms with Crippen LogP contribution in [0.3, 0.4) is 0 Å². The molecule has 2 aromatic carbocycles. The quantitative estimate of drug-likeness (QED) is 0.755. The summed E-state index contributed by atoms with van der Waals surface area (Å²) in [5.41, 5.74) is 2.49. The predicted molar refractivity (Wildman–Crippen MR) is 83.1 cm³/mol. The number of nitrogens with zero attached hydrogens (tertiary/aromatic N) is 1. The molecule has 0 spiro atoms. The smallest absolute Gasteiger partial charge is 0.123 e. The van der Waals surface area contributed by atoms with Gasteiger partial charge in [-0.2, -0.15) is 0 Å². The molecule has 1 unspecified atom stereocenters. The van der Waals surface area contributed by atoms with Crippen LogP contribution in [0.5, 0.6) is 0 Å². The Morgan fingerprint density at radius 1 is 1.19 bits per heavy atom. The van der Waals surface area contributed by atoms with Crippen LogP contribution in [0.2, 0.25) is 5.15 Å². The van der Waals surface area contributed by atoms with Gasteiger partial charge < -0.3 is 9.67 Å². The average Bonchev–Trinajstić information content (AvgIpc) is 2.72. The number of hydrogen-bond acceptors (Lipinski definition) is 1. The SMILES string of the molecule is CC(O)c1c(Cl)n(Cc2ccccc2)c2ccc(F)cc12. The maximum atomic E-state index is 13.5. The van der Waals surface area contributed by atoms with Gasteiger partial charge in [-0.15, -0.1) is 0 Å². The second-order valence-corrected chi connectivity index (χ2v) is 5.47. The first kappa shape index (κ1) is 14.1. The Labute approximate surface area is 127 Å². The van der Waals surface area contributed by atoms with Crippen molar-refractivity contribution in [1.29, 1.82) is 0 Å². The summed E-state index contributed by atoms with van der Waals surface area (Å²) in [5.74, 6) is -0.335. The fourth-order valence-corrected chi connectivity index (χ4v) is 3.05. The minimum atomic E-state index is -0.751. The molecule has 0 saturated heterocycles. The fourth-order valence-electron chi connectivity index (χ4n) is 2.64. The second-order valence-electron chi connectivity index (χ2n) is 5.11. The van der Waals surface area contributed by atoms with E-state index in [1.807, 2.05) is 34.9 Å². The number of halogens is 2. The lowest BCUT2D eigenvalue weighted by Crippen LogP contribution is -2.00. The lowest BCUT2D eigenvalue weighted by atomic mass is 10.1. The molecule has 1 aromatic heterocycles. The molecule has 3 rings (SSSR count). The third-order valence-corrected chi connectivity index (χ3v) is 4.01. The Kier molecular flexibility index (Phi) is 3.70. The maximum absolute atomic E-state index is 13.5. The summed E-state index contributed by atoms with van der Waals surface area (Å²) in [6.45, 7) is 2.22. The van der Waals surface area contributed by atoms with Gasteiger partial charge in [-0.05, 0) is 30.7 Å². The second kappa shape index (κ2) is 5.51. The van der Waals surface area contributed by atoms with E-state index >= 15 is 0 Å². The Morgan fingerprint density at radius 3 is 2.57 bits per heavy atom. The van der Waals surface area contributed by atoms with Crippen molar-refractivity contribution in [3.63, 3.8) is 0 Å². The number of hydrogen-bond donors (Lipinski definition) is 1. The number of aliphatic hydroxyl groups is 1. The molecule has 0 aliphatic heterocycles. The lowest BCUT2D eigenvalue weighted by molar-refractivity contribution is 0.200. The number of aliphatic hydroxyl groups excluding tert-OH is 1. The summed E-state index contributed by atoms with van der Waals surface area (Å²) in [6, 6.07) is 14.4. The van der Waals surface area contributed by atoms with E-state index in [4.69, 9.17) is 11.6 Å². The van der Waals surface area contributed by atoms with Gasteiger partial charge in [0, 0.05) is 17.5 Å². The normalized spacial score (nSPS) is 12.8. The molecule has 108 valence electrons. The molecule has 0 bridgehead atoms. The van der Waals surface area contributed by atoms with Crippen LogP contribution < -0.4 is 0 Å². The molecule has 1 N–H and O–H groups in total. The van der Waals surface area contributed by atoms with Crippen molar-refractivity contribution < 1.29 is 9.50 Å². The van der Waals surface area contributed by atoms with Crippen LogP contribution in [0.1, 0.15) is 24.2 Å². The summed E-state index contributed by atoms with van der Waals surface area (Å²) >= 11 is 6.43. The predicted octanol–water partition coefficient (Wildman–Crippen LogP) is 4.54. The molecule has 1 heterocycles. The molecule has 0 fully saturated rings. The van der Waals surface area contributed by atoms with Crippen LogP contribution in [-0.2, 0) is 6.54 Å². The maximum Gasteiger partial charge on any atom is 0.123 e. The molecule has 0 aliphatic rings. The van der Waals surface area contributed by atoms with Crippen molar-refractivity contribution in [2.45, 2.75) is 19.6 Å². The first-order chi connectivity index (χ1) is 10.1. The van der Waals surface area contributed by atoms with Gasteiger partial charge in [0.05, 0.1) is 11.6 Å². The van der Waals surface area contributed by atoms with Gasteiger partial charge in [-0.25, -0.2) is 4.39 Å². The van der Waals surface area contributed by atoms with Crippen LogP contribution in [0.15, 0.2) is 48.5 Å². The molecule has 1 atom stereocenters. The highest BCUT2D eigenvalue weighted by Gasteiger charge is 2.19. The van der Waals surface area contributed by atoms with Crippen LogP contribution >= 0.6 is 11.6 Å². The van der Waals surface area contributed by atoms with Crippen molar-refractivity contribution in [3.05, 3.63) is 70.6 Å². The van der Waals surface area contributed by atoms with E-state index in [1.165, 1.54) is 12.1 Å². The summed E-state index contributed by atoms with van der Waals surface area (Å²) in [7, 11) is 0.